The highest BCUT2D eigenvalue weighted by atomic mass is 32.2. The fraction of sp³-hybridized carbons (Fsp3) is 0.500. The molecule has 0 bridgehead atoms. The van der Waals surface area contributed by atoms with E-state index in [-0.39, 0.29) is 23.0 Å². The number of hydrogen-bond donors (Lipinski definition) is 2. The monoisotopic (exact) mass is 329 g/mol. The minimum absolute atomic E-state index is 0.0540. The number of carbonyl (C=O) groups excluding carboxylic acids is 1. The fourth-order valence-corrected chi connectivity index (χ4v) is 3.41. The molecule has 1 saturated heterocycles. The largest absolute Gasteiger partial charge is 0.339 e. The van der Waals surface area contributed by atoms with Gasteiger partial charge in [0.05, 0.1) is 10.5 Å². The number of hydrogen-bond acceptors (Lipinski definition) is 4. The van der Waals surface area contributed by atoms with E-state index >= 15 is 0 Å². The van der Waals surface area contributed by atoms with Gasteiger partial charge in [0.25, 0.3) is 5.91 Å². The second kappa shape index (κ2) is 6.72. The molecule has 1 aromatic rings. The summed E-state index contributed by atoms with van der Waals surface area (Å²) in [4.78, 5) is 13.5. The van der Waals surface area contributed by atoms with Crippen molar-refractivity contribution in [1.82, 2.24) is 9.62 Å². The summed E-state index contributed by atoms with van der Waals surface area (Å²) in [5, 5.41) is 0. The molecular formula is C14H20FN3O3S. The summed E-state index contributed by atoms with van der Waals surface area (Å²) in [6.07, 6.45) is 1.81. The minimum atomic E-state index is -3.83. The first-order valence-electron chi connectivity index (χ1n) is 7.15. The Kier molecular flexibility index (Phi) is 5.15. The number of nitrogens with one attached hydrogen (secondary N) is 1. The summed E-state index contributed by atoms with van der Waals surface area (Å²) < 4.78 is 40.4. The number of halogens is 1. The molecule has 1 aliphatic heterocycles. The highest BCUT2D eigenvalue weighted by Crippen LogP contribution is 2.19. The molecule has 0 saturated carbocycles. The second-order valence-electron chi connectivity index (χ2n) is 5.47. The first-order chi connectivity index (χ1) is 10.3. The van der Waals surface area contributed by atoms with Gasteiger partial charge in [-0.05, 0) is 38.0 Å². The van der Waals surface area contributed by atoms with Crippen LogP contribution >= 0.6 is 0 Å². The van der Waals surface area contributed by atoms with Crippen LogP contribution in [-0.4, -0.2) is 44.9 Å². The zero-order valence-corrected chi connectivity index (χ0v) is 13.2. The van der Waals surface area contributed by atoms with Gasteiger partial charge in [0.1, 0.15) is 5.82 Å². The lowest BCUT2D eigenvalue weighted by Gasteiger charge is -2.16. The quantitative estimate of drug-likeness (QED) is 0.831. The molecule has 1 aliphatic rings. The first-order valence-corrected chi connectivity index (χ1v) is 8.63. The Bertz CT molecular complexity index is 655. The van der Waals surface area contributed by atoms with Gasteiger partial charge in [0, 0.05) is 25.7 Å². The molecule has 0 spiro atoms. The summed E-state index contributed by atoms with van der Waals surface area (Å²) in [6.45, 7) is 2.92. The van der Waals surface area contributed by atoms with Gasteiger partial charge in [-0.25, -0.2) is 17.5 Å². The first kappa shape index (κ1) is 16.9. The molecule has 22 heavy (non-hydrogen) atoms. The maximum Gasteiger partial charge on any atom is 0.256 e. The third-order valence-electron chi connectivity index (χ3n) is 3.47. The number of likely N-dealkylation sites (tertiary alicyclic amines) is 1. The third-order valence-corrected chi connectivity index (χ3v) is 4.89. The van der Waals surface area contributed by atoms with Crippen LogP contribution in [0.2, 0.25) is 0 Å². The fourth-order valence-electron chi connectivity index (χ4n) is 2.25. The summed E-state index contributed by atoms with van der Waals surface area (Å²) in [5.41, 5.74) is 5.39. The van der Waals surface area contributed by atoms with Crippen molar-refractivity contribution in [2.45, 2.75) is 30.7 Å². The van der Waals surface area contributed by atoms with Crippen LogP contribution in [0, 0.1) is 5.82 Å². The zero-order chi connectivity index (χ0) is 16.3. The maximum atomic E-state index is 14.1. The predicted octanol–water partition coefficient (Wildman–Crippen LogP) is 0.687. The Hall–Kier alpha value is -1.51. The highest BCUT2D eigenvalue weighted by molar-refractivity contribution is 7.89. The molecule has 8 heteroatoms. The zero-order valence-electron chi connectivity index (χ0n) is 12.4. The van der Waals surface area contributed by atoms with Gasteiger partial charge >= 0.3 is 0 Å². The predicted molar refractivity (Wildman–Crippen MR) is 80.4 cm³/mol. The van der Waals surface area contributed by atoms with E-state index in [9.17, 15) is 17.6 Å². The van der Waals surface area contributed by atoms with E-state index in [0.717, 1.165) is 18.9 Å². The van der Waals surface area contributed by atoms with Gasteiger partial charge in [-0.3, -0.25) is 4.79 Å². The third kappa shape index (κ3) is 3.82. The van der Waals surface area contributed by atoms with Crippen molar-refractivity contribution >= 4 is 15.9 Å². The standard InChI is InChI=1S/C14H20FN3O3S/c1-10(16)9-17-22(20,21)11-4-5-12(13(15)8-11)14(19)18-6-2-3-7-18/h4-5,8,10,17H,2-3,6-7,9,16H2,1H3/t10-/m0/s1. The van der Waals surface area contributed by atoms with Crippen molar-refractivity contribution in [2.24, 2.45) is 5.73 Å². The van der Waals surface area contributed by atoms with E-state index in [1.165, 1.54) is 12.1 Å². The van der Waals surface area contributed by atoms with E-state index in [4.69, 9.17) is 5.73 Å². The topological polar surface area (TPSA) is 92.5 Å². The van der Waals surface area contributed by atoms with Crippen molar-refractivity contribution in [3.8, 4) is 0 Å². The van der Waals surface area contributed by atoms with Crippen molar-refractivity contribution in [3.05, 3.63) is 29.6 Å². The molecule has 1 fully saturated rings. The highest BCUT2D eigenvalue weighted by Gasteiger charge is 2.24. The van der Waals surface area contributed by atoms with Crippen molar-refractivity contribution in [1.29, 1.82) is 0 Å². The van der Waals surface area contributed by atoms with Crippen molar-refractivity contribution < 1.29 is 17.6 Å². The van der Waals surface area contributed by atoms with Crippen LogP contribution < -0.4 is 10.5 Å². The lowest BCUT2D eigenvalue weighted by molar-refractivity contribution is 0.0788. The normalized spacial score (nSPS) is 16.8. The number of nitrogens with two attached hydrogens (primary N) is 1. The van der Waals surface area contributed by atoms with Crippen LogP contribution in [0.25, 0.3) is 0 Å². The number of benzene rings is 1. The molecule has 2 rings (SSSR count). The Balaban J connectivity index is 2.20. The lowest BCUT2D eigenvalue weighted by Crippen LogP contribution is -2.35. The van der Waals surface area contributed by atoms with E-state index < -0.39 is 21.7 Å². The Morgan fingerprint density at radius 3 is 2.59 bits per heavy atom. The van der Waals surface area contributed by atoms with Gasteiger partial charge in [0.15, 0.2) is 0 Å². The van der Waals surface area contributed by atoms with E-state index in [1.807, 2.05) is 0 Å². The summed E-state index contributed by atoms with van der Waals surface area (Å²) >= 11 is 0. The van der Waals surface area contributed by atoms with Crippen molar-refractivity contribution in [3.63, 3.8) is 0 Å². The molecule has 0 aromatic heterocycles. The van der Waals surface area contributed by atoms with E-state index in [1.54, 1.807) is 11.8 Å². The SMILES string of the molecule is C[C@H](N)CNS(=O)(=O)c1ccc(C(=O)N2CCCC2)c(F)c1. The van der Waals surface area contributed by atoms with Gasteiger partial charge in [0.2, 0.25) is 10.0 Å². The molecule has 1 heterocycles. The number of amides is 1. The van der Waals surface area contributed by atoms with E-state index in [2.05, 4.69) is 4.72 Å². The molecular weight excluding hydrogens is 309 g/mol. The van der Waals surface area contributed by atoms with Crippen LogP contribution in [0.3, 0.4) is 0 Å². The summed E-state index contributed by atoms with van der Waals surface area (Å²) in [5.74, 6) is -1.23. The van der Waals surface area contributed by atoms with Crippen molar-refractivity contribution in [2.75, 3.05) is 19.6 Å². The Morgan fingerprint density at radius 1 is 1.41 bits per heavy atom. The smallest absolute Gasteiger partial charge is 0.256 e. The molecule has 122 valence electrons. The lowest BCUT2D eigenvalue weighted by atomic mass is 10.2. The molecule has 1 aromatic carbocycles. The Labute approximate surface area is 129 Å². The van der Waals surface area contributed by atoms with Gasteiger partial charge in [-0.15, -0.1) is 0 Å². The van der Waals surface area contributed by atoms with Crippen LogP contribution in [0.15, 0.2) is 23.1 Å². The van der Waals surface area contributed by atoms with Gasteiger partial charge in [-0.2, -0.15) is 0 Å². The van der Waals surface area contributed by atoms with Crippen LogP contribution in [0.5, 0.6) is 0 Å². The average Bonchev–Trinajstić information content (AvgIpc) is 2.98. The number of nitrogens with zero attached hydrogens (tertiary/aromatic N) is 1. The number of sulfonamides is 1. The Morgan fingerprint density at radius 2 is 2.05 bits per heavy atom. The molecule has 1 atom stereocenters. The molecule has 0 radical (unpaired) electrons. The maximum absolute atomic E-state index is 14.1. The number of rotatable bonds is 5. The van der Waals surface area contributed by atoms with E-state index in [0.29, 0.717) is 13.1 Å². The minimum Gasteiger partial charge on any atom is -0.339 e. The second-order valence-corrected chi connectivity index (χ2v) is 7.24. The molecule has 0 unspecified atom stereocenters. The van der Waals surface area contributed by atoms with Gasteiger partial charge in [-0.1, -0.05) is 0 Å². The van der Waals surface area contributed by atoms with Gasteiger partial charge < -0.3 is 10.6 Å². The van der Waals surface area contributed by atoms with Crippen LogP contribution in [0.4, 0.5) is 4.39 Å². The average molecular weight is 329 g/mol. The summed E-state index contributed by atoms with van der Waals surface area (Å²) in [6, 6.07) is 2.97. The molecule has 0 aliphatic carbocycles. The van der Waals surface area contributed by atoms with Crippen LogP contribution in [0.1, 0.15) is 30.1 Å². The molecule has 1 amide bonds. The van der Waals surface area contributed by atoms with Crippen LogP contribution in [-0.2, 0) is 10.0 Å². The summed E-state index contributed by atoms with van der Waals surface area (Å²) in [7, 11) is -3.83. The molecule has 6 nitrogen and oxygen atoms in total. The number of carbonyl (C=O) groups is 1. The molecule has 3 N–H and O–H groups in total.